The van der Waals surface area contributed by atoms with E-state index in [2.05, 4.69) is 13.8 Å². The van der Waals surface area contributed by atoms with Crippen LogP contribution in [0.3, 0.4) is 0 Å². The van der Waals surface area contributed by atoms with Gasteiger partial charge in [-0.05, 0) is 49.8 Å². The summed E-state index contributed by atoms with van der Waals surface area (Å²) in [5.74, 6) is 0.803. The molecule has 24 heavy (non-hydrogen) atoms. The molecule has 0 spiro atoms. The number of hydrogen-bond donors (Lipinski definition) is 0. The van der Waals surface area contributed by atoms with Gasteiger partial charge in [0.05, 0.1) is 13.7 Å². The Morgan fingerprint density at radius 2 is 2.12 bits per heavy atom. The van der Waals surface area contributed by atoms with Gasteiger partial charge in [0.25, 0.3) is 5.91 Å². The molecule has 2 rings (SSSR count). The van der Waals surface area contributed by atoms with Gasteiger partial charge in [0, 0.05) is 12.1 Å². The molecule has 0 radical (unpaired) electrons. The van der Waals surface area contributed by atoms with E-state index in [4.69, 9.17) is 9.47 Å². The SMILES string of the molecule is COc1cccc(C(=O)N2CCCC2C(=O)OCCCC(C)C)c1. The van der Waals surface area contributed by atoms with Crippen LogP contribution < -0.4 is 4.74 Å². The predicted octanol–water partition coefficient (Wildman–Crippen LogP) is 3.28. The number of rotatable bonds is 7. The Morgan fingerprint density at radius 3 is 2.83 bits per heavy atom. The van der Waals surface area contributed by atoms with Crippen molar-refractivity contribution >= 4 is 11.9 Å². The highest BCUT2D eigenvalue weighted by Crippen LogP contribution is 2.23. The molecule has 1 aromatic carbocycles. The Labute approximate surface area is 143 Å². The minimum Gasteiger partial charge on any atom is -0.497 e. The maximum absolute atomic E-state index is 12.7. The molecule has 0 saturated carbocycles. The topological polar surface area (TPSA) is 55.8 Å². The van der Waals surface area contributed by atoms with E-state index >= 15 is 0 Å². The van der Waals surface area contributed by atoms with Crippen molar-refractivity contribution in [1.29, 1.82) is 0 Å². The maximum atomic E-state index is 12.7. The van der Waals surface area contributed by atoms with Crippen LogP contribution in [-0.4, -0.2) is 43.1 Å². The zero-order chi connectivity index (χ0) is 17.5. The quantitative estimate of drug-likeness (QED) is 0.567. The van der Waals surface area contributed by atoms with Crippen LogP contribution in [0.4, 0.5) is 0 Å². The van der Waals surface area contributed by atoms with Gasteiger partial charge in [0.1, 0.15) is 11.8 Å². The summed E-state index contributed by atoms with van der Waals surface area (Å²) < 4.78 is 10.5. The van der Waals surface area contributed by atoms with Gasteiger partial charge in [-0.25, -0.2) is 4.79 Å². The Balaban J connectivity index is 1.96. The summed E-state index contributed by atoms with van der Waals surface area (Å²) in [5.41, 5.74) is 0.536. The molecule has 1 aliphatic rings. The van der Waals surface area contributed by atoms with Crippen LogP contribution in [0.2, 0.25) is 0 Å². The molecular formula is C19H27NO4. The summed E-state index contributed by atoms with van der Waals surface area (Å²) in [6.07, 6.45) is 3.38. The zero-order valence-corrected chi connectivity index (χ0v) is 14.8. The number of likely N-dealkylation sites (tertiary alicyclic amines) is 1. The van der Waals surface area contributed by atoms with E-state index in [1.54, 1.807) is 36.3 Å². The van der Waals surface area contributed by atoms with E-state index in [0.29, 0.717) is 36.8 Å². The number of methoxy groups -OCH3 is 1. The summed E-state index contributed by atoms with van der Waals surface area (Å²) >= 11 is 0. The van der Waals surface area contributed by atoms with Crippen LogP contribution >= 0.6 is 0 Å². The molecule has 1 amide bonds. The third-order valence-corrected chi connectivity index (χ3v) is 4.27. The monoisotopic (exact) mass is 333 g/mol. The van der Waals surface area contributed by atoms with Gasteiger partial charge in [0.15, 0.2) is 0 Å². The number of hydrogen-bond acceptors (Lipinski definition) is 4. The largest absolute Gasteiger partial charge is 0.497 e. The maximum Gasteiger partial charge on any atom is 0.328 e. The van der Waals surface area contributed by atoms with Crippen LogP contribution in [0.1, 0.15) is 49.9 Å². The highest BCUT2D eigenvalue weighted by atomic mass is 16.5. The second kappa shape index (κ2) is 8.71. The van der Waals surface area contributed by atoms with E-state index in [1.807, 2.05) is 0 Å². The number of carbonyl (C=O) groups excluding carboxylic acids is 2. The molecule has 1 aliphatic heterocycles. The number of carbonyl (C=O) groups is 2. The first-order valence-electron chi connectivity index (χ1n) is 8.64. The Hall–Kier alpha value is -2.04. The normalized spacial score (nSPS) is 17.2. The number of amides is 1. The van der Waals surface area contributed by atoms with Gasteiger partial charge in [-0.1, -0.05) is 19.9 Å². The smallest absolute Gasteiger partial charge is 0.328 e. The lowest BCUT2D eigenvalue weighted by Gasteiger charge is -2.23. The van der Waals surface area contributed by atoms with Crippen molar-refractivity contribution in [1.82, 2.24) is 4.90 Å². The van der Waals surface area contributed by atoms with E-state index in [9.17, 15) is 9.59 Å². The second-order valence-electron chi connectivity index (χ2n) is 6.59. The predicted molar refractivity (Wildman–Crippen MR) is 92.1 cm³/mol. The molecule has 132 valence electrons. The number of ether oxygens (including phenoxy) is 2. The van der Waals surface area contributed by atoms with E-state index in [-0.39, 0.29) is 11.9 Å². The van der Waals surface area contributed by atoms with Gasteiger partial charge in [0.2, 0.25) is 0 Å². The Bertz CT molecular complexity index is 570. The first-order valence-corrected chi connectivity index (χ1v) is 8.64. The Morgan fingerprint density at radius 1 is 1.33 bits per heavy atom. The average molecular weight is 333 g/mol. The van der Waals surface area contributed by atoms with Crippen molar-refractivity contribution in [3.63, 3.8) is 0 Å². The fourth-order valence-corrected chi connectivity index (χ4v) is 2.94. The van der Waals surface area contributed by atoms with Crippen molar-refractivity contribution in [3.05, 3.63) is 29.8 Å². The Kier molecular flexibility index (Phi) is 6.64. The average Bonchev–Trinajstić information content (AvgIpc) is 3.07. The summed E-state index contributed by atoms with van der Waals surface area (Å²) in [6.45, 7) is 5.30. The molecule has 0 N–H and O–H groups in total. The molecule has 1 atom stereocenters. The molecule has 1 aromatic rings. The first kappa shape index (κ1) is 18.3. The van der Waals surface area contributed by atoms with Crippen LogP contribution in [0.15, 0.2) is 24.3 Å². The van der Waals surface area contributed by atoms with Crippen molar-refractivity contribution in [2.24, 2.45) is 5.92 Å². The summed E-state index contributed by atoms with van der Waals surface area (Å²) in [4.78, 5) is 26.7. The van der Waals surface area contributed by atoms with Crippen molar-refractivity contribution in [2.45, 2.75) is 45.6 Å². The minimum atomic E-state index is -0.470. The van der Waals surface area contributed by atoms with Crippen LogP contribution in [-0.2, 0) is 9.53 Å². The standard InChI is InChI=1S/C19H27NO4/c1-14(2)7-6-12-24-19(22)17-10-5-11-20(17)18(21)15-8-4-9-16(13-15)23-3/h4,8-9,13-14,17H,5-7,10-12H2,1-3H3. The first-order chi connectivity index (χ1) is 11.5. The lowest BCUT2D eigenvalue weighted by atomic mass is 10.1. The molecule has 1 saturated heterocycles. The third kappa shape index (κ3) is 4.73. The van der Waals surface area contributed by atoms with Gasteiger partial charge in [-0.2, -0.15) is 0 Å². The lowest BCUT2D eigenvalue weighted by molar-refractivity contribution is -0.148. The molecule has 0 bridgehead atoms. The lowest BCUT2D eigenvalue weighted by Crippen LogP contribution is -2.41. The van der Waals surface area contributed by atoms with Gasteiger partial charge in [-0.15, -0.1) is 0 Å². The van der Waals surface area contributed by atoms with Gasteiger partial charge < -0.3 is 14.4 Å². The van der Waals surface area contributed by atoms with E-state index in [0.717, 1.165) is 19.3 Å². The minimum absolute atomic E-state index is 0.143. The second-order valence-corrected chi connectivity index (χ2v) is 6.59. The molecule has 0 aliphatic carbocycles. The van der Waals surface area contributed by atoms with E-state index in [1.165, 1.54) is 0 Å². The fraction of sp³-hybridized carbons (Fsp3) is 0.579. The van der Waals surface area contributed by atoms with E-state index < -0.39 is 6.04 Å². The van der Waals surface area contributed by atoms with Gasteiger partial charge in [-0.3, -0.25) is 4.79 Å². The van der Waals surface area contributed by atoms with Crippen LogP contribution in [0.5, 0.6) is 5.75 Å². The highest BCUT2D eigenvalue weighted by molar-refractivity contribution is 5.97. The van der Waals surface area contributed by atoms with Crippen molar-refractivity contribution < 1.29 is 19.1 Å². The zero-order valence-electron chi connectivity index (χ0n) is 14.8. The molecule has 1 unspecified atom stereocenters. The van der Waals surface area contributed by atoms with Crippen LogP contribution in [0, 0.1) is 5.92 Å². The van der Waals surface area contributed by atoms with Gasteiger partial charge >= 0.3 is 5.97 Å². The van der Waals surface area contributed by atoms with Crippen LogP contribution in [0.25, 0.3) is 0 Å². The molecule has 5 heteroatoms. The summed E-state index contributed by atoms with van der Waals surface area (Å²) in [7, 11) is 1.57. The third-order valence-electron chi connectivity index (χ3n) is 4.27. The fourth-order valence-electron chi connectivity index (χ4n) is 2.94. The number of esters is 1. The molecule has 0 aromatic heterocycles. The number of benzene rings is 1. The molecular weight excluding hydrogens is 306 g/mol. The highest BCUT2D eigenvalue weighted by Gasteiger charge is 2.35. The molecule has 5 nitrogen and oxygen atoms in total. The molecule has 1 fully saturated rings. The van der Waals surface area contributed by atoms with Crippen molar-refractivity contribution in [2.75, 3.05) is 20.3 Å². The molecule has 1 heterocycles. The summed E-state index contributed by atoms with van der Waals surface area (Å²) in [6, 6.07) is 6.55. The number of nitrogens with zero attached hydrogens (tertiary/aromatic N) is 1. The summed E-state index contributed by atoms with van der Waals surface area (Å²) in [5, 5.41) is 0. The van der Waals surface area contributed by atoms with Crippen molar-refractivity contribution in [3.8, 4) is 5.75 Å².